The highest BCUT2D eigenvalue weighted by Crippen LogP contribution is 2.38. The first-order valence-corrected chi connectivity index (χ1v) is 12.5. The van der Waals surface area contributed by atoms with Crippen molar-refractivity contribution in [1.82, 2.24) is 19.7 Å². The van der Waals surface area contributed by atoms with E-state index < -0.39 is 0 Å². The summed E-state index contributed by atoms with van der Waals surface area (Å²) in [4.78, 5) is 9.67. The van der Waals surface area contributed by atoms with Crippen LogP contribution in [-0.2, 0) is 0 Å². The molecular formula is C28H31FN6. The van der Waals surface area contributed by atoms with Gasteiger partial charge in [0.15, 0.2) is 5.82 Å². The Morgan fingerprint density at radius 2 is 1.77 bits per heavy atom. The zero-order valence-electron chi connectivity index (χ0n) is 20.4. The van der Waals surface area contributed by atoms with Gasteiger partial charge in [-0.1, -0.05) is 24.3 Å². The number of halogens is 1. The number of aromatic nitrogens is 3. The number of fused-ring (bicyclic) bond motifs is 3. The van der Waals surface area contributed by atoms with E-state index in [2.05, 4.69) is 58.2 Å². The van der Waals surface area contributed by atoms with Crippen molar-refractivity contribution in [3.63, 3.8) is 0 Å². The minimum absolute atomic E-state index is 0.00710. The average Bonchev–Trinajstić information content (AvgIpc) is 3.57. The third-order valence-corrected chi connectivity index (χ3v) is 7.51. The van der Waals surface area contributed by atoms with Crippen molar-refractivity contribution in [2.24, 2.45) is 0 Å². The first-order chi connectivity index (χ1) is 17.0. The van der Waals surface area contributed by atoms with E-state index in [0.717, 1.165) is 41.5 Å². The molecule has 2 aliphatic rings. The summed E-state index contributed by atoms with van der Waals surface area (Å²) in [5.41, 5.74) is 3.06. The largest absolute Gasteiger partial charge is 0.363 e. The van der Waals surface area contributed by atoms with Crippen molar-refractivity contribution in [3.05, 3.63) is 78.2 Å². The maximum absolute atomic E-state index is 13.3. The van der Waals surface area contributed by atoms with Crippen LogP contribution in [0.15, 0.2) is 66.9 Å². The second-order valence-electron chi connectivity index (χ2n) is 10.1. The molecule has 2 saturated heterocycles. The Hall–Kier alpha value is -3.45. The van der Waals surface area contributed by atoms with Gasteiger partial charge >= 0.3 is 0 Å². The normalized spacial score (nSPS) is 20.8. The second kappa shape index (κ2) is 8.64. The smallest absolute Gasteiger partial charge is 0.159 e. The third kappa shape index (κ3) is 3.93. The Morgan fingerprint density at radius 3 is 2.51 bits per heavy atom. The molecule has 4 aromatic rings. The molecule has 180 valence electrons. The summed E-state index contributed by atoms with van der Waals surface area (Å²) in [6.07, 6.45) is 3.02. The highest BCUT2D eigenvalue weighted by Gasteiger charge is 2.45. The van der Waals surface area contributed by atoms with Crippen molar-refractivity contribution in [1.29, 1.82) is 0 Å². The molecular weight excluding hydrogens is 439 g/mol. The van der Waals surface area contributed by atoms with Crippen molar-refractivity contribution < 1.29 is 4.39 Å². The number of piperazine rings is 1. The van der Waals surface area contributed by atoms with Gasteiger partial charge in [0.05, 0.1) is 11.2 Å². The van der Waals surface area contributed by atoms with Crippen LogP contribution in [-0.4, -0.2) is 50.9 Å². The minimum Gasteiger partial charge on any atom is -0.363 e. The number of nitrogens with one attached hydrogen (secondary N) is 1. The van der Waals surface area contributed by atoms with Gasteiger partial charge < -0.3 is 10.2 Å². The minimum atomic E-state index is -0.231. The van der Waals surface area contributed by atoms with E-state index in [1.165, 1.54) is 23.9 Å². The molecule has 35 heavy (non-hydrogen) atoms. The monoisotopic (exact) mass is 470 g/mol. The molecule has 0 spiro atoms. The zero-order valence-corrected chi connectivity index (χ0v) is 20.4. The predicted octanol–water partition coefficient (Wildman–Crippen LogP) is 5.40. The van der Waals surface area contributed by atoms with Gasteiger partial charge in [0.2, 0.25) is 0 Å². The fourth-order valence-electron chi connectivity index (χ4n) is 5.74. The summed E-state index contributed by atoms with van der Waals surface area (Å²) in [6, 6.07) is 20.8. The van der Waals surface area contributed by atoms with Gasteiger partial charge in [0.1, 0.15) is 11.6 Å². The molecule has 0 saturated carbocycles. The summed E-state index contributed by atoms with van der Waals surface area (Å²) in [7, 11) is 0. The number of likely N-dealkylation sites (tertiary alicyclic amines) is 1. The highest BCUT2D eigenvalue weighted by molar-refractivity contribution is 5.92. The number of benzene rings is 2. The van der Waals surface area contributed by atoms with Crippen LogP contribution in [0.1, 0.15) is 38.8 Å². The van der Waals surface area contributed by atoms with Gasteiger partial charge in [-0.15, -0.1) is 5.10 Å². The van der Waals surface area contributed by atoms with E-state index in [0.29, 0.717) is 18.1 Å². The number of nitrogens with zero attached hydrogens (tertiary/aromatic N) is 5. The molecule has 7 heteroatoms. The Bertz CT molecular complexity index is 1350. The molecule has 2 bridgehead atoms. The van der Waals surface area contributed by atoms with E-state index in [4.69, 9.17) is 5.10 Å². The van der Waals surface area contributed by atoms with Gasteiger partial charge in [0, 0.05) is 54.9 Å². The van der Waals surface area contributed by atoms with Crippen LogP contribution in [0, 0.1) is 5.82 Å². The topological polar surface area (TPSA) is 49.2 Å². The van der Waals surface area contributed by atoms with E-state index in [1.807, 2.05) is 29.9 Å². The number of para-hydroxylation sites is 1. The van der Waals surface area contributed by atoms with Crippen molar-refractivity contribution in [2.75, 3.05) is 23.3 Å². The molecule has 2 fully saturated rings. The molecule has 0 radical (unpaired) electrons. The Kier molecular flexibility index (Phi) is 5.44. The lowest BCUT2D eigenvalue weighted by atomic mass is 10.1. The van der Waals surface area contributed by atoms with Gasteiger partial charge in [-0.25, -0.2) is 14.1 Å². The number of hydrogen-bond acceptors (Lipinski definition) is 5. The second-order valence-corrected chi connectivity index (χ2v) is 10.1. The molecule has 3 unspecified atom stereocenters. The van der Waals surface area contributed by atoms with Crippen LogP contribution >= 0.6 is 0 Å². The third-order valence-electron chi connectivity index (χ3n) is 7.51. The predicted molar refractivity (Wildman–Crippen MR) is 139 cm³/mol. The van der Waals surface area contributed by atoms with Crippen LogP contribution in [0.25, 0.3) is 16.6 Å². The lowest BCUT2D eigenvalue weighted by molar-refractivity contribution is 0.191. The van der Waals surface area contributed by atoms with Crippen LogP contribution in [0.2, 0.25) is 0 Å². The molecule has 3 atom stereocenters. The number of rotatable bonds is 6. The average molecular weight is 471 g/mol. The molecule has 4 heterocycles. The quantitative estimate of drug-likeness (QED) is 0.409. The van der Waals surface area contributed by atoms with Crippen molar-refractivity contribution in [2.45, 2.75) is 51.4 Å². The SMILES string of the molecule is CC(Nc1cc(-n2nc(N3CC4CC3CN4C(C)C)c3ccccc32)ccn1)c1ccc(F)cc1. The molecule has 6 nitrogen and oxygen atoms in total. The molecule has 0 amide bonds. The fraction of sp³-hybridized carbons (Fsp3) is 0.357. The van der Waals surface area contributed by atoms with E-state index in [-0.39, 0.29) is 11.9 Å². The Balaban J connectivity index is 1.31. The zero-order chi connectivity index (χ0) is 24.1. The standard InChI is InChI=1S/C28H31FN6/c1-18(2)33-16-24-14-23(33)17-34(24)28-25-6-4-5-7-26(25)35(32-28)22-12-13-30-27(15-22)31-19(3)20-8-10-21(29)11-9-20/h4-13,15,18-19,23-24H,14,16-17H2,1-3H3,(H,30,31). The van der Waals surface area contributed by atoms with Gasteiger partial charge in [-0.2, -0.15) is 0 Å². The maximum atomic E-state index is 13.3. The first kappa shape index (κ1) is 22.0. The van der Waals surface area contributed by atoms with Gasteiger partial charge in [0.25, 0.3) is 0 Å². The summed E-state index contributed by atoms with van der Waals surface area (Å²) in [5.74, 6) is 1.60. The lowest BCUT2D eigenvalue weighted by Crippen LogP contribution is -2.49. The molecule has 0 aliphatic carbocycles. The van der Waals surface area contributed by atoms with Crippen molar-refractivity contribution in [3.8, 4) is 5.69 Å². The molecule has 2 aromatic heterocycles. The number of hydrogen-bond donors (Lipinski definition) is 1. The van der Waals surface area contributed by atoms with E-state index in [1.54, 1.807) is 12.1 Å². The summed E-state index contributed by atoms with van der Waals surface area (Å²) in [6.45, 7) is 8.77. The van der Waals surface area contributed by atoms with Crippen LogP contribution in [0.4, 0.5) is 16.0 Å². The van der Waals surface area contributed by atoms with Gasteiger partial charge in [-0.3, -0.25) is 4.90 Å². The van der Waals surface area contributed by atoms with E-state index in [9.17, 15) is 4.39 Å². The van der Waals surface area contributed by atoms with Crippen LogP contribution < -0.4 is 10.2 Å². The molecule has 1 N–H and O–H groups in total. The fourth-order valence-corrected chi connectivity index (χ4v) is 5.74. The summed E-state index contributed by atoms with van der Waals surface area (Å²) < 4.78 is 15.3. The van der Waals surface area contributed by atoms with Crippen LogP contribution in [0.3, 0.4) is 0 Å². The number of anilines is 2. The first-order valence-electron chi connectivity index (χ1n) is 12.5. The van der Waals surface area contributed by atoms with Gasteiger partial charge in [-0.05, 0) is 63.1 Å². The summed E-state index contributed by atoms with van der Waals surface area (Å²) in [5, 5.41) is 9.77. The number of pyridine rings is 1. The van der Waals surface area contributed by atoms with E-state index >= 15 is 0 Å². The van der Waals surface area contributed by atoms with Crippen molar-refractivity contribution >= 4 is 22.5 Å². The summed E-state index contributed by atoms with van der Waals surface area (Å²) >= 11 is 0. The maximum Gasteiger partial charge on any atom is 0.159 e. The molecule has 2 aromatic carbocycles. The highest BCUT2D eigenvalue weighted by atomic mass is 19.1. The lowest BCUT2D eigenvalue weighted by Gasteiger charge is -2.36. The molecule has 6 rings (SSSR count). The Labute approximate surface area is 205 Å². The van der Waals surface area contributed by atoms with Crippen LogP contribution in [0.5, 0.6) is 0 Å². The molecule has 2 aliphatic heterocycles. The Morgan fingerprint density at radius 1 is 0.971 bits per heavy atom.